The lowest BCUT2D eigenvalue weighted by Crippen LogP contribution is -2.47. The van der Waals surface area contributed by atoms with Crippen LogP contribution in [0.5, 0.6) is 0 Å². The van der Waals surface area contributed by atoms with Crippen LogP contribution in [0, 0.1) is 11.8 Å². The normalized spacial score (nSPS) is 24.3. The molecular formula is C14H26N4. The molecule has 1 aliphatic rings. The lowest BCUT2D eigenvalue weighted by atomic mass is 9.82. The SMILES string of the molecule is CC(C)Cn1ncnc1CC1(C(C)C)CCCN1. The maximum atomic E-state index is 4.47. The highest BCUT2D eigenvalue weighted by atomic mass is 15.3. The average molecular weight is 250 g/mol. The summed E-state index contributed by atoms with van der Waals surface area (Å²) < 4.78 is 2.08. The molecule has 18 heavy (non-hydrogen) atoms. The predicted molar refractivity (Wildman–Crippen MR) is 73.4 cm³/mol. The third-order valence-electron chi connectivity index (χ3n) is 4.09. The van der Waals surface area contributed by atoms with E-state index in [2.05, 4.69) is 47.8 Å². The Labute approximate surface area is 110 Å². The molecule has 0 saturated carbocycles. The second-order valence-corrected chi connectivity index (χ2v) is 6.27. The second-order valence-electron chi connectivity index (χ2n) is 6.27. The summed E-state index contributed by atoms with van der Waals surface area (Å²) >= 11 is 0. The molecule has 2 rings (SSSR count). The van der Waals surface area contributed by atoms with Gasteiger partial charge in [-0.25, -0.2) is 9.67 Å². The maximum Gasteiger partial charge on any atom is 0.138 e. The van der Waals surface area contributed by atoms with Gasteiger partial charge in [-0.2, -0.15) is 5.10 Å². The van der Waals surface area contributed by atoms with Gasteiger partial charge in [-0.05, 0) is 31.2 Å². The summed E-state index contributed by atoms with van der Waals surface area (Å²) in [4.78, 5) is 4.47. The highest BCUT2D eigenvalue weighted by Gasteiger charge is 2.37. The average Bonchev–Trinajstić information content (AvgIpc) is 2.89. The van der Waals surface area contributed by atoms with Crippen LogP contribution in [0.1, 0.15) is 46.4 Å². The highest BCUT2D eigenvalue weighted by Crippen LogP contribution is 2.30. The molecule has 0 aliphatic carbocycles. The van der Waals surface area contributed by atoms with Crippen molar-refractivity contribution in [2.24, 2.45) is 11.8 Å². The Hall–Kier alpha value is -0.900. The fraction of sp³-hybridized carbons (Fsp3) is 0.857. The number of nitrogens with one attached hydrogen (secondary N) is 1. The quantitative estimate of drug-likeness (QED) is 0.871. The number of aromatic nitrogens is 3. The zero-order valence-electron chi connectivity index (χ0n) is 12.1. The lowest BCUT2D eigenvalue weighted by molar-refractivity contribution is 0.259. The lowest BCUT2D eigenvalue weighted by Gasteiger charge is -2.33. The minimum absolute atomic E-state index is 0.224. The van der Waals surface area contributed by atoms with Crippen LogP contribution < -0.4 is 5.32 Å². The van der Waals surface area contributed by atoms with E-state index in [0.717, 1.165) is 25.3 Å². The van der Waals surface area contributed by atoms with Crippen LogP contribution >= 0.6 is 0 Å². The maximum absolute atomic E-state index is 4.47. The fourth-order valence-electron chi connectivity index (χ4n) is 2.88. The van der Waals surface area contributed by atoms with Gasteiger partial charge in [0, 0.05) is 18.5 Å². The van der Waals surface area contributed by atoms with Crippen molar-refractivity contribution in [1.82, 2.24) is 20.1 Å². The van der Waals surface area contributed by atoms with Gasteiger partial charge < -0.3 is 5.32 Å². The van der Waals surface area contributed by atoms with Crippen molar-refractivity contribution in [3.8, 4) is 0 Å². The van der Waals surface area contributed by atoms with Crippen LogP contribution in [0.15, 0.2) is 6.33 Å². The summed E-state index contributed by atoms with van der Waals surface area (Å²) in [5.74, 6) is 2.37. The number of hydrogen-bond acceptors (Lipinski definition) is 3. The Morgan fingerprint density at radius 2 is 2.17 bits per heavy atom. The highest BCUT2D eigenvalue weighted by molar-refractivity contribution is 5.03. The van der Waals surface area contributed by atoms with E-state index >= 15 is 0 Å². The van der Waals surface area contributed by atoms with E-state index in [4.69, 9.17) is 0 Å². The summed E-state index contributed by atoms with van der Waals surface area (Å²) in [5, 5.41) is 8.07. The monoisotopic (exact) mass is 250 g/mol. The molecular weight excluding hydrogens is 224 g/mol. The topological polar surface area (TPSA) is 42.7 Å². The van der Waals surface area contributed by atoms with Crippen molar-refractivity contribution in [3.05, 3.63) is 12.2 Å². The van der Waals surface area contributed by atoms with Crippen LogP contribution in [0.4, 0.5) is 0 Å². The van der Waals surface area contributed by atoms with Crippen LogP contribution in [-0.4, -0.2) is 26.8 Å². The third-order valence-corrected chi connectivity index (χ3v) is 4.09. The first-order valence-corrected chi connectivity index (χ1v) is 7.15. The molecule has 0 aromatic carbocycles. The molecule has 4 nitrogen and oxygen atoms in total. The van der Waals surface area contributed by atoms with Crippen molar-refractivity contribution < 1.29 is 0 Å². The Kier molecular flexibility index (Phi) is 4.05. The molecule has 4 heteroatoms. The largest absolute Gasteiger partial charge is 0.311 e. The van der Waals surface area contributed by atoms with Gasteiger partial charge in [0.1, 0.15) is 12.2 Å². The molecule has 1 aromatic heterocycles. The van der Waals surface area contributed by atoms with Gasteiger partial charge in [-0.15, -0.1) is 0 Å². The van der Waals surface area contributed by atoms with E-state index in [1.54, 1.807) is 6.33 Å². The van der Waals surface area contributed by atoms with Crippen molar-refractivity contribution >= 4 is 0 Å². The summed E-state index contributed by atoms with van der Waals surface area (Å²) in [5.41, 5.74) is 0.224. The van der Waals surface area contributed by atoms with E-state index in [1.807, 2.05) is 0 Å². The third kappa shape index (κ3) is 2.74. The fourth-order valence-corrected chi connectivity index (χ4v) is 2.88. The molecule has 0 spiro atoms. The minimum atomic E-state index is 0.224. The van der Waals surface area contributed by atoms with Crippen molar-refractivity contribution in [2.75, 3.05) is 6.54 Å². The molecule has 2 heterocycles. The number of nitrogens with zero attached hydrogens (tertiary/aromatic N) is 3. The summed E-state index contributed by atoms with van der Waals surface area (Å²) in [7, 11) is 0. The van der Waals surface area contributed by atoms with Gasteiger partial charge in [0.05, 0.1) is 0 Å². The van der Waals surface area contributed by atoms with Gasteiger partial charge in [0.2, 0.25) is 0 Å². The van der Waals surface area contributed by atoms with Gasteiger partial charge in [-0.3, -0.25) is 0 Å². The Balaban J connectivity index is 2.14. The molecule has 0 bridgehead atoms. The van der Waals surface area contributed by atoms with E-state index in [-0.39, 0.29) is 5.54 Å². The first kappa shape index (κ1) is 13.5. The molecule has 1 atom stereocenters. The van der Waals surface area contributed by atoms with Crippen LogP contribution in [0.2, 0.25) is 0 Å². The molecule has 1 aromatic rings. The molecule has 102 valence electrons. The predicted octanol–water partition coefficient (Wildman–Crippen LogP) is 2.25. The Bertz CT molecular complexity index is 375. The van der Waals surface area contributed by atoms with E-state index in [1.165, 1.54) is 12.8 Å². The zero-order chi connectivity index (χ0) is 13.2. The molecule has 1 N–H and O–H groups in total. The first-order chi connectivity index (χ1) is 8.53. The molecule has 1 fully saturated rings. The summed E-state index contributed by atoms with van der Waals surface area (Å²) in [6.45, 7) is 11.2. The molecule has 0 amide bonds. The van der Waals surface area contributed by atoms with E-state index in [0.29, 0.717) is 11.8 Å². The van der Waals surface area contributed by atoms with Gasteiger partial charge in [0.15, 0.2) is 0 Å². The second kappa shape index (κ2) is 5.39. The van der Waals surface area contributed by atoms with E-state index in [9.17, 15) is 0 Å². The molecule has 1 unspecified atom stereocenters. The smallest absolute Gasteiger partial charge is 0.138 e. The standard InChI is InChI=1S/C14H26N4/c1-11(2)9-18-13(15-10-17-18)8-14(12(3)4)6-5-7-16-14/h10-12,16H,5-9H2,1-4H3. The van der Waals surface area contributed by atoms with Crippen molar-refractivity contribution in [3.63, 3.8) is 0 Å². The van der Waals surface area contributed by atoms with Gasteiger partial charge >= 0.3 is 0 Å². The summed E-state index contributed by atoms with van der Waals surface area (Å²) in [6, 6.07) is 0. The Morgan fingerprint density at radius 3 is 2.72 bits per heavy atom. The van der Waals surface area contributed by atoms with Crippen LogP contribution in [-0.2, 0) is 13.0 Å². The molecule has 1 saturated heterocycles. The van der Waals surface area contributed by atoms with Crippen LogP contribution in [0.25, 0.3) is 0 Å². The number of hydrogen-bond donors (Lipinski definition) is 1. The summed E-state index contributed by atoms with van der Waals surface area (Å²) in [6.07, 6.45) is 5.22. The number of rotatable bonds is 5. The molecule has 1 aliphatic heterocycles. The van der Waals surface area contributed by atoms with Crippen molar-refractivity contribution in [1.29, 1.82) is 0 Å². The minimum Gasteiger partial charge on any atom is -0.311 e. The van der Waals surface area contributed by atoms with Gasteiger partial charge in [-0.1, -0.05) is 27.7 Å². The Morgan fingerprint density at radius 1 is 1.39 bits per heavy atom. The zero-order valence-corrected chi connectivity index (χ0v) is 12.1. The van der Waals surface area contributed by atoms with Crippen molar-refractivity contribution in [2.45, 2.75) is 59.0 Å². The first-order valence-electron chi connectivity index (χ1n) is 7.15. The van der Waals surface area contributed by atoms with Crippen LogP contribution in [0.3, 0.4) is 0 Å². The molecule has 0 radical (unpaired) electrons. The van der Waals surface area contributed by atoms with E-state index < -0.39 is 0 Å². The van der Waals surface area contributed by atoms with Gasteiger partial charge in [0.25, 0.3) is 0 Å².